The van der Waals surface area contributed by atoms with E-state index in [1.165, 1.54) is 27.7 Å². The zero-order chi connectivity index (χ0) is 85.2. The SMILES string of the molecule is CC(=O)N[C@@H]1C(O)O[C@H](COP(=O)(O)O)C1O.CC(=O)N[C@H]1C(O[Si](C)(C)C(C)(C)C)[C@@H](CO)O[C@H]1O[Si](C)(C)C(C)(C)C.CC(=O)N[C@H]1C(O[Si](C)(C)C(C)(C)C)[C@@H](COCc2ccccc2)O[C@H]1O[Si](C)(C)C(C)(C)C.CC(=O)N[C@H]1C(O[Si](C)(C)C(C)(C)C)[C@@H](COP(=O)(O)O)O[C@H]1O[Si](C)(C)C(C)(C)C. The van der Waals surface area contributed by atoms with Crippen molar-refractivity contribution in [3.05, 3.63) is 35.9 Å². The molecule has 5 unspecified atom stereocenters. The fourth-order valence-electron chi connectivity index (χ4n) is 9.92. The van der Waals surface area contributed by atoms with Gasteiger partial charge in [-0.05, 0) is 114 Å². The Balaban J connectivity index is 0.000000505. The van der Waals surface area contributed by atoms with Crippen LogP contribution in [0, 0.1) is 0 Å². The normalized spacial score (nSPS) is 27.2. The van der Waals surface area contributed by atoms with E-state index < -0.39 is 164 Å². The van der Waals surface area contributed by atoms with Crippen molar-refractivity contribution in [2.45, 2.75) is 366 Å². The summed E-state index contributed by atoms with van der Waals surface area (Å²) in [5.74, 6) is -1.02. The Hall–Kier alpha value is -1.94. The topological polar surface area (TPSA) is 412 Å². The number of carbonyl (C=O) groups excluding carboxylic acids is 4. The highest BCUT2D eigenvalue weighted by Crippen LogP contribution is 2.48. The minimum absolute atomic E-state index is 0.00419. The maximum Gasteiger partial charge on any atom is 0.469 e. The van der Waals surface area contributed by atoms with Crippen molar-refractivity contribution in [2.75, 3.05) is 26.4 Å². The molecular formula is C71H144N4O26P2Si6. The number of ether oxygens (including phenoxy) is 5. The zero-order valence-corrected chi connectivity index (χ0v) is 79.7. The third-order valence-corrected chi connectivity index (χ3v) is 50.3. The molecule has 4 aliphatic rings. The molecule has 1 aromatic carbocycles. The van der Waals surface area contributed by atoms with Gasteiger partial charge in [0.15, 0.2) is 75.1 Å². The maximum atomic E-state index is 12.2. The van der Waals surface area contributed by atoms with Crippen LogP contribution in [-0.4, -0.2) is 233 Å². The summed E-state index contributed by atoms with van der Waals surface area (Å²) in [7, 11) is -22.6. The highest BCUT2D eigenvalue weighted by molar-refractivity contribution is 7.46. The van der Waals surface area contributed by atoms with E-state index in [4.69, 9.17) is 64.6 Å². The number of aliphatic hydroxyl groups is 3. The lowest BCUT2D eigenvalue weighted by Gasteiger charge is -2.41. The molecule has 1 aromatic rings. The smallest absolute Gasteiger partial charge is 0.409 e. The van der Waals surface area contributed by atoms with Gasteiger partial charge < -0.3 is 106 Å². The van der Waals surface area contributed by atoms with Crippen molar-refractivity contribution in [3.63, 3.8) is 0 Å². The molecule has 4 amide bonds. The Morgan fingerprint density at radius 2 is 0.651 bits per heavy atom. The Morgan fingerprint density at radius 1 is 0.394 bits per heavy atom. The van der Waals surface area contributed by atoms with Gasteiger partial charge in [0, 0.05) is 27.7 Å². The molecule has 5 rings (SSSR count). The van der Waals surface area contributed by atoms with Gasteiger partial charge in [-0.1, -0.05) is 155 Å². The highest BCUT2D eigenvalue weighted by atomic mass is 31.2. The lowest BCUT2D eigenvalue weighted by atomic mass is 10.1. The number of phosphoric ester groups is 2. The van der Waals surface area contributed by atoms with Crippen molar-refractivity contribution in [1.82, 2.24) is 21.3 Å². The van der Waals surface area contributed by atoms with Crippen LogP contribution in [0.5, 0.6) is 0 Å². The molecule has 0 aromatic heterocycles. The van der Waals surface area contributed by atoms with Crippen molar-refractivity contribution in [3.8, 4) is 0 Å². The standard InChI is InChI=1S/C26H47NO5Si2.C19H42NO8PSi2.C19H41NO5Si2.C7H14NO8P/c1-19(28)27-22-23(31-33(8,9)25(2,3)4)21(18-29-17-20-15-13-12-14-16-20)30-24(22)32-34(10,11)26(5,6)7;1-13(21)20-15-16(27-30(8,9)18(2,3)4)14(12-25-29(22,23)24)26-17(15)28-31(10,11)19(5,6)7;1-13(22)20-15-16(24-26(8,9)18(2,3)4)14(12-21)23-17(15)25-27(10,11)19(5,6)7;1-3(9)8-5-6(10)4(16-7(5)11)2-15-17(12,13)14/h12-16,21-24H,17-18H2,1-11H3,(H,27,28);14-17H,12H2,1-11H3,(H,20,21)(H2,22,23,24);14-17,21H,12H2,1-11H3,(H,20,22);4-7,10-11H,2H2,1H3,(H,8,9)(H2,12,13,14)/t21-,22+,23?,24+;2*14-,15+,16?,17+;4-,5+,6?,7?/m1111/s1. The highest BCUT2D eigenvalue weighted by Gasteiger charge is 2.58. The Kier molecular flexibility index (Phi) is 37.4. The number of rotatable bonds is 27. The summed E-state index contributed by atoms with van der Waals surface area (Å²) in [6, 6.07) is 7.56. The van der Waals surface area contributed by atoms with E-state index in [-0.39, 0.29) is 73.4 Å². The predicted molar refractivity (Wildman–Crippen MR) is 434 cm³/mol. The average Bonchev–Trinajstić information content (AvgIpc) is 1.65. The van der Waals surface area contributed by atoms with Crippen LogP contribution in [0.25, 0.3) is 0 Å². The van der Waals surface area contributed by atoms with Gasteiger partial charge in [-0.25, -0.2) is 9.13 Å². The summed E-state index contributed by atoms with van der Waals surface area (Å²) in [5, 5.41) is 39.9. The number of amides is 4. The molecule has 11 N–H and O–H groups in total. The molecule has 0 bridgehead atoms. The minimum Gasteiger partial charge on any atom is -0.409 e. The summed E-state index contributed by atoms with van der Waals surface area (Å²) in [5.41, 5.74) is 1.11. The van der Waals surface area contributed by atoms with E-state index >= 15 is 0 Å². The number of phosphoric acid groups is 2. The third kappa shape index (κ3) is 31.8. The van der Waals surface area contributed by atoms with Crippen LogP contribution in [0.15, 0.2) is 30.3 Å². The number of hydrogen-bond donors (Lipinski definition) is 11. The first kappa shape index (κ1) is 103. The summed E-state index contributed by atoms with van der Waals surface area (Å²) in [6.45, 7) is 69.9. The van der Waals surface area contributed by atoms with E-state index in [2.05, 4.69) is 229 Å². The van der Waals surface area contributed by atoms with Crippen molar-refractivity contribution in [2.24, 2.45) is 0 Å². The predicted octanol–water partition coefficient (Wildman–Crippen LogP) is 10.9. The van der Waals surface area contributed by atoms with Crippen molar-refractivity contribution >= 4 is 89.2 Å². The zero-order valence-electron chi connectivity index (χ0n) is 71.9. The number of carbonyl (C=O) groups is 4. The molecule has 4 heterocycles. The molecule has 38 heteroatoms. The maximum absolute atomic E-state index is 12.2. The minimum atomic E-state index is -4.71. The molecule has 16 atom stereocenters. The van der Waals surface area contributed by atoms with Gasteiger partial charge in [0.1, 0.15) is 54.7 Å². The molecular weight excluding hydrogens is 1560 g/mol. The Bertz CT molecular complexity index is 3150. The lowest BCUT2D eigenvalue weighted by Crippen LogP contribution is -2.56. The molecule has 0 radical (unpaired) electrons. The largest absolute Gasteiger partial charge is 0.469 e. The average molecular weight is 1700 g/mol. The van der Waals surface area contributed by atoms with Gasteiger partial charge >= 0.3 is 15.6 Å². The molecule has 4 fully saturated rings. The fraction of sp³-hybridized carbons (Fsp3) is 0.859. The number of nitrogens with one attached hydrogen (secondary N) is 4. The summed E-state index contributed by atoms with van der Waals surface area (Å²) in [4.78, 5) is 82.3. The first-order valence-electron chi connectivity index (χ1n) is 37.4. The van der Waals surface area contributed by atoms with Crippen LogP contribution < -0.4 is 21.3 Å². The molecule has 30 nitrogen and oxygen atoms in total. The van der Waals surface area contributed by atoms with Crippen LogP contribution in [-0.2, 0) is 94.2 Å². The van der Waals surface area contributed by atoms with Gasteiger partial charge in [0.25, 0.3) is 0 Å². The molecule has 4 saturated heterocycles. The molecule has 0 saturated carbocycles. The Labute approximate surface area is 657 Å². The van der Waals surface area contributed by atoms with E-state index in [0.717, 1.165) is 5.56 Å². The third-order valence-electron chi connectivity index (χ3n) is 22.6. The van der Waals surface area contributed by atoms with E-state index in [0.29, 0.717) is 13.2 Å². The fourth-order valence-corrected chi connectivity index (χ4v) is 18.0. The monoisotopic (exact) mass is 1700 g/mol. The summed E-state index contributed by atoms with van der Waals surface area (Å²) < 4.78 is 99.9. The second kappa shape index (κ2) is 39.5. The van der Waals surface area contributed by atoms with Gasteiger partial charge in [0.2, 0.25) is 23.6 Å². The molecule has 4 aliphatic heterocycles. The Morgan fingerprint density at radius 3 is 0.927 bits per heavy atom. The summed E-state index contributed by atoms with van der Waals surface area (Å²) >= 11 is 0. The van der Waals surface area contributed by atoms with Crippen molar-refractivity contribution < 1.29 is 122 Å². The number of hydrogen-bond acceptors (Lipinski definition) is 22. The van der Waals surface area contributed by atoms with Gasteiger partial charge in [-0.2, -0.15) is 0 Å². The second-order valence-corrected chi connectivity index (χ2v) is 69.0. The van der Waals surface area contributed by atoms with Gasteiger partial charge in [-0.15, -0.1) is 0 Å². The molecule has 0 spiro atoms. The molecule has 638 valence electrons. The first-order chi connectivity index (χ1) is 48.6. The van der Waals surface area contributed by atoms with Crippen molar-refractivity contribution in [1.29, 1.82) is 0 Å². The quantitative estimate of drug-likeness (QED) is 0.0288. The van der Waals surface area contributed by atoms with E-state index in [1.807, 2.05) is 30.3 Å². The van der Waals surface area contributed by atoms with Crippen LogP contribution in [0.1, 0.15) is 158 Å². The molecule has 0 aliphatic carbocycles. The summed E-state index contributed by atoms with van der Waals surface area (Å²) in [6.07, 6.45) is -9.06. The van der Waals surface area contributed by atoms with E-state index in [1.54, 1.807) is 0 Å². The first-order valence-corrected chi connectivity index (χ1v) is 57.9. The molecule has 109 heavy (non-hydrogen) atoms. The van der Waals surface area contributed by atoms with Crippen LogP contribution in [0.2, 0.25) is 109 Å². The van der Waals surface area contributed by atoms with Crippen LogP contribution >= 0.6 is 15.6 Å². The number of benzene rings is 1. The second-order valence-electron chi connectivity index (χ2n) is 38.0. The van der Waals surface area contributed by atoms with Crippen LogP contribution in [0.4, 0.5) is 0 Å². The van der Waals surface area contributed by atoms with Crippen LogP contribution in [0.3, 0.4) is 0 Å². The van der Waals surface area contributed by atoms with E-state index in [9.17, 15) is 53.4 Å². The number of aliphatic hydroxyl groups excluding tert-OH is 3. The lowest BCUT2D eigenvalue weighted by molar-refractivity contribution is -0.127. The van der Waals surface area contributed by atoms with Gasteiger partial charge in [-0.3, -0.25) is 28.2 Å². The van der Waals surface area contributed by atoms with Gasteiger partial charge in [0.05, 0.1) is 51.3 Å².